The van der Waals surface area contributed by atoms with E-state index in [0.717, 1.165) is 37.2 Å². The fourth-order valence-electron chi connectivity index (χ4n) is 2.58. The van der Waals surface area contributed by atoms with E-state index >= 15 is 0 Å². The summed E-state index contributed by atoms with van der Waals surface area (Å²) in [5.41, 5.74) is 0.366. The molecule has 2 N–H and O–H groups in total. The number of hydrogen-bond acceptors (Lipinski definition) is 4. The highest BCUT2D eigenvalue weighted by atomic mass is 35.5. The zero-order valence-electron chi connectivity index (χ0n) is 11.3. The Morgan fingerprint density at radius 3 is 2.45 bits per heavy atom. The number of hydrogen-bond donors (Lipinski definition) is 2. The molecule has 0 aliphatic carbocycles. The van der Waals surface area contributed by atoms with Crippen molar-refractivity contribution >= 4 is 24.1 Å². The van der Waals surface area contributed by atoms with Gasteiger partial charge in [-0.25, -0.2) is 0 Å². The van der Waals surface area contributed by atoms with Crippen molar-refractivity contribution in [3.05, 3.63) is 29.8 Å². The van der Waals surface area contributed by atoms with Gasteiger partial charge in [-0.3, -0.25) is 9.79 Å². The summed E-state index contributed by atoms with van der Waals surface area (Å²) in [4.78, 5) is 16.8. The van der Waals surface area contributed by atoms with Gasteiger partial charge in [-0.2, -0.15) is 0 Å². The van der Waals surface area contributed by atoms with Crippen LogP contribution in [0.3, 0.4) is 0 Å². The Hall–Kier alpha value is -1.59. The van der Waals surface area contributed by atoms with E-state index in [9.17, 15) is 4.79 Å². The van der Waals surface area contributed by atoms with Gasteiger partial charge >= 0.3 is 0 Å². The molecule has 6 heteroatoms. The number of rotatable bonds is 2. The second kappa shape index (κ2) is 5.81. The molecule has 1 saturated heterocycles. The second-order valence-electron chi connectivity index (χ2n) is 4.92. The molecule has 0 aromatic heterocycles. The maximum absolute atomic E-state index is 12.2. The first-order valence-corrected chi connectivity index (χ1v) is 6.50. The molecule has 1 aromatic carbocycles. The third-order valence-electron chi connectivity index (χ3n) is 3.77. The lowest BCUT2D eigenvalue weighted by molar-refractivity contribution is -0.124. The van der Waals surface area contributed by atoms with Crippen molar-refractivity contribution in [1.82, 2.24) is 10.6 Å². The van der Waals surface area contributed by atoms with Gasteiger partial charge in [0.25, 0.3) is 5.91 Å². The summed E-state index contributed by atoms with van der Waals surface area (Å²) in [5.74, 6) is 1.50. The topological polar surface area (TPSA) is 62.7 Å². The predicted molar refractivity (Wildman–Crippen MR) is 79.8 cm³/mol. The van der Waals surface area contributed by atoms with Crippen LogP contribution < -0.4 is 15.4 Å². The van der Waals surface area contributed by atoms with Crippen LogP contribution in [0.4, 0.5) is 0 Å². The fourth-order valence-corrected chi connectivity index (χ4v) is 2.58. The summed E-state index contributed by atoms with van der Waals surface area (Å²) < 4.78 is 5.13. The van der Waals surface area contributed by atoms with Crippen LogP contribution in [-0.4, -0.2) is 37.5 Å². The van der Waals surface area contributed by atoms with E-state index in [-0.39, 0.29) is 18.3 Å². The van der Waals surface area contributed by atoms with E-state index in [0.29, 0.717) is 5.84 Å². The van der Waals surface area contributed by atoms with Crippen LogP contribution in [-0.2, 0) is 4.79 Å². The lowest BCUT2D eigenvalue weighted by Crippen LogP contribution is -2.47. The molecule has 0 unspecified atom stereocenters. The smallest absolute Gasteiger partial charge is 0.253 e. The van der Waals surface area contributed by atoms with Crippen molar-refractivity contribution in [1.29, 1.82) is 0 Å². The second-order valence-corrected chi connectivity index (χ2v) is 4.92. The summed E-state index contributed by atoms with van der Waals surface area (Å²) >= 11 is 0. The fraction of sp³-hybridized carbons (Fsp3) is 0.429. The van der Waals surface area contributed by atoms with Crippen LogP contribution >= 0.6 is 12.4 Å². The minimum atomic E-state index is -0.555. The van der Waals surface area contributed by atoms with Gasteiger partial charge in [-0.1, -0.05) is 0 Å². The van der Waals surface area contributed by atoms with Crippen LogP contribution in [0.2, 0.25) is 0 Å². The number of carbonyl (C=O) groups excluding carboxylic acids is 1. The molecule has 3 rings (SSSR count). The largest absolute Gasteiger partial charge is 0.497 e. The van der Waals surface area contributed by atoms with Crippen LogP contribution in [0.25, 0.3) is 0 Å². The molecule has 108 valence electrons. The minimum absolute atomic E-state index is 0. The maximum Gasteiger partial charge on any atom is 0.253 e. The Morgan fingerprint density at radius 2 is 1.85 bits per heavy atom. The zero-order valence-corrected chi connectivity index (χ0v) is 12.1. The van der Waals surface area contributed by atoms with Crippen LogP contribution in [0.5, 0.6) is 5.75 Å². The normalized spacial score (nSPS) is 20.1. The van der Waals surface area contributed by atoms with Gasteiger partial charge in [0.2, 0.25) is 0 Å². The summed E-state index contributed by atoms with van der Waals surface area (Å²) in [6.45, 7) is 1.68. The lowest BCUT2D eigenvalue weighted by atomic mass is 9.89. The average Bonchev–Trinajstić information content (AvgIpc) is 2.77. The van der Waals surface area contributed by atoms with Gasteiger partial charge in [-0.15, -0.1) is 12.4 Å². The highest BCUT2D eigenvalue weighted by molar-refractivity contribution is 6.15. The Morgan fingerprint density at radius 1 is 1.20 bits per heavy atom. The van der Waals surface area contributed by atoms with Crippen LogP contribution in [0, 0.1) is 0 Å². The number of carbonyl (C=O) groups is 1. The van der Waals surface area contributed by atoms with Gasteiger partial charge in [0.05, 0.1) is 7.11 Å². The molecule has 0 atom stereocenters. The summed E-state index contributed by atoms with van der Waals surface area (Å²) in [6, 6.07) is 7.57. The molecule has 1 aromatic rings. The Balaban J connectivity index is 0.00000147. The number of ether oxygens (including phenoxy) is 1. The summed E-state index contributed by atoms with van der Waals surface area (Å²) in [7, 11) is 1.63. The molecule has 2 heterocycles. The van der Waals surface area contributed by atoms with Crippen molar-refractivity contribution in [2.45, 2.75) is 18.4 Å². The van der Waals surface area contributed by atoms with E-state index < -0.39 is 5.54 Å². The number of aliphatic imine (C=N–C) groups is 1. The van der Waals surface area contributed by atoms with Gasteiger partial charge in [-0.05, 0) is 50.2 Å². The third kappa shape index (κ3) is 2.51. The van der Waals surface area contributed by atoms with Crippen LogP contribution in [0.15, 0.2) is 29.3 Å². The molecule has 2 aliphatic rings. The van der Waals surface area contributed by atoms with Crippen molar-refractivity contribution in [3.8, 4) is 5.75 Å². The molecule has 1 fully saturated rings. The SMILES string of the molecule is COc1ccc(C2=NC3(CCNCC3)C(=O)N2)cc1.Cl. The standard InChI is InChI=1S/C14H17N3O2.ClH/c1-19-11-4-2-10(3-5-11)12-16-13(18)14(17-12)6-8-15-9-7-14;/h2-5,15H,6-9H2,1H3,(H,16,17,18);1H. The molecule has 1 amide bonds. The number of amides is 1. The molecule has 0 radical (unpaired) electrons. The predicted octanol–water partition coefficient (Wildman–Crippen LogP) is 1.12. The number of amidine groups is 1. The van der Waals surface area contributed by atoms with Crippen LogP contribution in [0.1, 0.15) is 18.4 Å². The number of halogens is 1. The average molecular weight is 296 g/mol. The molecule has 20 heavy (non-hydrogen) atoms. The van der Waals surface area contributed by atoms with E-state index in [1.165, 1.54) is 0 Å². The first-order valence-electron chi connectivity index (χ1n) is 6.50. The zero-order chi connectivity index (χ0) is 13.3. The molecule has 1 spiro atoms. The van der Waals surface area contributed by atoms with E-state index in [2.05, 4.69) is 15.6 Å². The van der Waals surface area contributed by atoms with E-state index in [1.54, 1.807) is 7.11 Å². The van der Waals surface area contributed by atoms with Crippen molar-refractivity contribution in [2.75, 3.05) is 20.2 Å². The number of nitrogens with one attached hydrogen (secondary N) is 2. The van der Waals surface area contributed by atoms with E-state index in [1.807, 2.05) is 24.3 Å². The molecule has 2 aliphatic heterocycles. The molecule has 5 nitrogen and oxygen atoms in total. The Bertz CT molecular complexity index is 522. The molecule has 0 saturated carbocycles. The molecule has 0 bridgehead atoms. The summed E-state index contributed by atoms with van der Waals surface area (Å²) in [6.07, 6.45) is 1.52. The highest BCUT2D eigenvalue weighted by Crippen LogP contribution is 2.28. The van der Waals surface area contributed by atoms with Crippen molar-refractivity contribution in [3.63, 3.8) is 0 Å². The van der Waals surface area contributed by atoms with Gasteiger partial charge in [0.1, 0.15) is 17.1 Å². The van der Waals surface area contributed by atoms with Crippen molar-refractivity contribution < 1.29 is 9.53 Å². The van der Waals surface area contributed by atoms with E-state index in [4.69, 9.17) is 4.74 Å². The third-order valence-corrected chi connectivity index (χ3v) is 3.77. The molecular formula is C14H18ClN3O2. The van der Waals surface area contributed by atoms with Gasteiger partial charge in [0, 0.05) is 5.56 Å². The molecular weight excluding hydrogens is 278 g/mol. The first-order chi connectivity index (χ1) is 9.23. The van der Waals surface area contributed by atoms with Crippen molar-refractivity contribution in [2.24, 2.45) is 4.99 Å². The maximum atomic E-state index is 12.2. The first kappa shape index (κ1) is 14.8. The van der Waals surface area contributed by atoms with Gasteiger partial charge < -0.3 is 15.4 Å². The number of piperidine rings is 1. The number of methoxy groups -OCH3 is 1. The summed E-state index contributed by atoms with van der Waals surface area (Å²) in [5, 5.41) is 6.17. The lowest BCUT2D eigenvalue weighted by Gasteiger charge is -2.28. The minimum Gasteiger partial charge on any atom is -0.497 e. The monoisotopic (exact) mass is 295 g/mol. The number of benzene rings is 1. The Labute approximate surface area is 124 Å². The van der Waals surface area contributed by atoms with Gasteiger partial charge in [0.15, 0.2) is 0 Å². The number of nitrogens with zero attached hydrogens (tertiary/aromatic N) is 1. The highest BCUT2D eigenvalue weighted by Gasteiger charge is 2.44. The quantitative estimate of drug-likeness (QED) is 0.859. The Kier molecular flexibility index (Phi) is 4.30.